The molecule has 0 atom stereocenters. The third kappa shape index (κ3) is 4.84. The van der Waals surface area contributed by atoms with E-state index in [-0.39, 0.29) is 16.1 Å². The molecular formula is C25H19FN2O3S. The Labute approximate surface area is 185 Å². The van der Waals surface area contributed by atoms with E-state index in [1.165, 1.54) is 36.4 Å². The van der Waals surface area contributed by atoms with Crippen molar-refractivity contribution in [3.05, 3.63) is 115 Å². The summed E-state index contributed by atoms with van der Waals surface area (Å²) in [5.74, 6) is -0.908. The molecule has 0 aliphatic heterocycles. The summed E-state index contributed by atoms with van der Waals surface area (Å²) in [5, 5.41) is 2.86. The van der Waals surface area contributed by atoms with Gasteiger partial charge in [-0.3, -0.25) is 9.52 Å². The number of rotatable bonds is 6. The minimum absolute atomic E-state index is 0.0779. The quantitative estimate of drug-likeness (QED) is 0.408. The Morgan fingerprint density at radius 1 is 0.750 bits per heavy atom. The lowest BCUT2D eigenvalue weighted by Crippen LogP contribution is -2.16. The Hall–Kier alpha value is -3.97. The highest BCUT2D eigenvalue weighted by atomic mass is 32.2. The van der Waals surface area contributed by atoms with Gasteiger partial charge >= 0.3 is 0 Å². The maximum atomic E-state index is 13.1. The number of carbonyl (C=O) groups is 1. The molecule has 1 amide bonds. The van der Waals surface area contributed by atoms with E-state index in [1.807, 2.05) is 48.5 Å². The van der Waals surface area contributed by atoms with Crippen LogP contribution in [0.5, 0.6) is 0 Å². The van der Waals surface area contributed by atoms with Crippen LogP contribution < -0.4 is 10.0 Å². The first kappa shape index (κ1) is 21.3. The molecule has 0 radical (unpaired) electrons. The van der Waals surface area contributed by atoms with Crippen LogP contribution in [0.4, 0.5) is 15.8 Å². The molecule has 4 aromatic carbocycles. The molecule has 0 bridgehead atoms. The second-order valence-electron chi connectivity index (χ2n) is 7.01. The second-order valence-corrected chi connectivity index (χ2v) is 8.69. The van der Waals surface area contributed by atoms with E-state index in [2.05, 4.69) is 10.0 Å². The third-order valence-electron chi connectivity index (χ3n) is 4.76. The molecule has 160 valence electrons. The van der Waals surface area contributed by atoms with Crippen molar-refractivity contribution in [2.24, 2.45) is 0 Å². The van der Waals surface area contributed by atoms with Crippen molar-refractivity contribution < 1.29 is 17.6 Å². The van der Waals surface area contributed by atoms with Crippen molar-refractivity contribution in [1.29, 1.82) is 0 Å². The van der Waals surface area contributed by atoms with Gasteiger partial charge in [0.25, 0.3) is 15.9 Å². The zero-order chi connectivity index (χ0) is 22.6. The number of hydrogen-bond donors (Lipinski definition) is 2. The Balaban J connectivity index is 1.58. The van der Waals surface area contributed by atoms with E-state index in [9.17, 15) is 17.6 Å². The van der Waals surface area contributed by atoms with E-state index in [4.69, 9.17) is 0 Å². The molecule has 0 aliphatic carbocycles. The van der Waals surface area contributed by atoms with Crippen molar-refractivity contribution in [2.75, 3.05) is 10.0 Å². The summed E-state index contributed by atoms with van der Waals surface area (Å²) in [4.78, 5) is 12.8. The van der Waals surface area contributed by atoms with E-state index in [0.717, 1.165) is 23.3 Å². The SMILES string of the molecule is O=C(Nc1ccccc1-c1ccccc1)c1cccc(S(=O)(=O)Nc2ccc(F)cc2)c1. The highest BCUT2D eigenvalue weighted by Gasteiger charge is 2.17. The fraction of sp³-hybridized carbons (Fsp3) is 0. The second kappa shape index (κ2) is 9.03. The Bertz CT molecular complexity index is 1360. The molecule has 0 aromatic heterocycles. The normalized spacial score (nSPS) is 11.0. The maximum Gasteiger partial charge on any atom is 0.261 e. The predicted octanol–water partition coefficient (Wildman–Crippen LogP) is 5.55. The minimum atomic E-state index is -3.96. The highest BCUT2D eigenvalue weighted by molar-refractivity contribution is 7.92. The van der Waals surface area contributed by atoms with Crippen molar-refractivity contribution in [1.82, 2.24) is 0 Å². The summed E-state index contributed by atoms with van der Waals surface area (Å²) < 4.78 is 40.9. The van der Waals surface area contributed by atoms with Crippen LogP contribution in [0.3, 0.4) is 0 Å². The largest absolute Gasteiger partial charge is 0.321 e. The molecule has 0 unspecified atom stereocenters. The van der Waals surface area contributed by atoms with Gasteiger partial charge in [0.2, 0.25) is 0 Å². The van der Waals surface area contributed by atoms with Gasteiger partial charge in [-0.05, 0) is 54.1 Å². The minimum Gasteiger partial charge on any atom is -0.321 e. The van der Waals surface area contributed by atoms with Gasteiger partial charge in [0.15, 0.2) is 0 Å². The number of sulfonamides is 1. The monoisotopic (exact) mass is 446 g/mol. The Morgan fingerprint density at radius 2 is 1.44 bits per heavy atom. The Morgan fingerprint density at radius 3 is 2.19 bits per heavy atom. The number of para-hydroxylation sites is 1. The fourth-order valence-corrected chi connectivity index (χ4v) is 4.30. The number of benzene rings is 4. The van der Waals surface area contributed by atoms with E-state index < -0.39 is 21.7 Å². The molecule has 0 spiro atoms. The average molecular weight is 447 g/mol. The van der Waals surface area contributed by atoms with Crippen LogP contribution in [0.25, 0.3) is 11.1 Å². The van der Waals surface area contributed by atoms with Gasteiger partial charge in [0.05, 0.1) is 4.90 Å². The first-order valence-electron chi connectivity index (χ1n) is 9.77. The molecule has 7 heteroatoms. The number of halogens is 1. The summed E-state index contributed by atoms with van der Waals surface area (Å²) in [6, 6.07) is 27.7. The summed E-state index contributed by atoms with van der Waals surface area (Å²) in [5.41, 5.74) is 2.82. The van der Waals surface area contributed by atoms with Crippen LogP contribution in [0.15, 0.2) is 108 Å². The standard InChI is InChI=1S/C25H19FN2O3S/c26-20-13-15-21(16-14-20)28-32(30,31)22-10-6-9-19(17-22)25(29)27-24-12-5-4-11-23(24)18-7-2-1-3-8-18/h1-17,28H,(H,27,29). The van der Waals surface area contributed by atoms with Gasteiger partial charge < -0.3 is 5.32 Å². The molecule has 0 fully saturated rings. The lowest BCUT2D eigenvalue weighted by Gasteiger charge is -2.12. The molecular weight excluding hydrogens is 427 g/mol. The lowest BCUT2D eigenvalue weighted by atomic mass is 10.0. The van der Waals surface area contributed by atoms with Gasteiger partial charge in [-0.15, -0.1) is 0 Å². The molecule has 4 rings (SSSR count). The van der Waals surface area contributed by atoms with E-state index in [1.54, 1.807) is 6.07 Å². The van der Waals surface area contributed by atoms with E-state index >= 15 is 0 Å². The number of amides is 1. The molecule has 5 nitrogen and oxygen atoms in total. The smallest absolute Gasteiger partial charge is 0.261 e. The first-order valence-corrected chi connectivity index (χ1v) is 11.2. The number of carbonyl (C=O) groups excluding carboxylic acids is 1. The maximum absolute atomic E-state index is 13.1. The summed E-state index contributed by atoms with van der Waals surface area (Å²) >= 11 is 0. The Kier molecular flexibility index (Phi) is 6.00. The summed E-state index contributed by atoms with van der Waals surface area (Å²) in [6.07, 6.45) is 0. The van der Waals surface area contributed by atoms with Crippen LogP contribution in [-0.2, 0) is 10.0 Å². The molecule has 4 aromatic rings. The third-order valence-corrected chi connectivity index (χ3v) is 6.14. The van der Waals surface area contributed by atoms with Crippen molar-refractivity contribution in [3.8, 4) is 11.1 Å². The van der Waals surface area contributed by atoms with Crippen molar-refractivity contribution >= 4 is 27.3 Å². The zero-order valence-corrected chi connectivity index (χ0v) is 17.6. The molecule has 0 saturated carbocycles. The summed E-state index contributed by atoms with van der Waals surface area (Å²) in [6.45, 7) is 0. The average Bonchev–Trinajstić information content (AvgIpc) is 2.81. The van der Waals surface area contributed by atoms with Crippen molar-refractivity contribution in [3.63, 3.8) is 0 Å². The molecule has 0 saturated heterocycles. The lowest BCUT2D eigenvalue weighted by molar-refractivity contribution is 0.102. The molecule has 2 N–H and O–H groups in total. The van der Waals surface area contributed by atoms with Crippen LogP contribution >= 0.6 is 0 Å². The number of hydrogen-bond acceptors (Lipinski definition) is 3. The van der Waals surface area contributed by atoms with Crippen LogP contribution in [0.2, 0.25) is 0 Å². The number of anilines is 2. The van der Waals surface area contributed by atoms with E-state index in [0.29, 0.717) is 5.69 Å². The highest BCUT2D eigenvalue weighted by Crippen LogP contribution is 2.28. The predicted molar refractivity (Wildman–Crippen MR) is 123 cm³/mol. The molecule has 32 heavy (non-hydrogen) atoms. The molecule has 0 aliphatic rings. The van der Waals surface area contributed by atoms with Gasteiger partial charge in [-0.1, -0.05) is 54.6 Å². The summed E-state index contributed by atoms with van der Waals surface area (Å²) in [7, 11) is -3.96. The van der Waals surface area contributed by atoms with Crippen LogP contribution in [-0.4, -0.2) is 14.3 Å². The van der Waals surface area contributed by atoms with Gasteiger partial charge in [-0.2, -0.15) is 0 Å². The number of nitrogens with one attached hydrogen (secondary N) is 2. The van der Waals surface area contributed by atoms with Crippen LogP contribution in [0, 0.1) is 5.82 Å². The molecule has 0 heterocycles. The van der Waals surface area contributed by atoms with Crippen LogP contribution in [0.1, 0.15) is 10.4 Å². The van der Waals surface area contributed by atoms with Crippen molar-refractivity contribution in [2.45, 2.75) is 4.90 Å². The van der Waals surface area contributed by atoms with Gasteiger partial charge in [-0.25, -0.2) is 12.8 Å². The first-order chi connectivity index (χ1) is 15.4. The van der Waals surface area contributed by atoms with Gasteiger partial charge in [0.1, 0.15) is 5.82 Å². The van der Waals surface area contributed by atoms with Gasteiger partial charge in [0, 0.05) is 22.5 Å². The zero-order valence-electron chi connectivity index (χ0n) is 16.8. The fourth-order valence-electron chi connectivity index (χ4n) is 3.19. The topological polar surface area (TPSA) is 75.3 Å².